The summed E-state index contributed by atoms with van der Waals surface area (Å²) >= 11 is 0. The summed E-state index contributed by atoms with van der Waals surface area (Å²) in [6.45, 7) is 3.93. The maximum atomic E-state index is 11.8. The van der Waals surface area contributed by atoms with Crippen LogP contribution in [0, 0.1) is 11.3 Å². The molecule has 2 heterocycles. The molecule has 0 spiro atoms. The maximum absolute atomic E-state index is 11.8. The van der Waals surface area contributed by atoms with Gasteiger partial charge in [0.2, 0.25) is 0 Å². The van der Waals surface area contributed by atoms with Crippen LogP contribution in [0.2, 0.25) is 0 Å². The second-order valence-electron chi connectivity index (χ2n) is 6.24. The molecule has 0 unspecified atom stereocenters. The summed E-state index contributed by atoms with van der Waals surface area (Å²) in [4.78, 5) is 30.8. The maximum Gasteiger partial charge on any atom is 0.329 e. The van der Waals surface area contributed by atoms with E-state index in [-0.39, 0.29) is 5.56 Å². The highest BCUT2D eigenvalue weighted by Gasteiger charge is 2.17. The zero-order chi connectivity index (χ0) is 17.8. The van der Waals surface area contributed by atoms with E-state index >= 15 is 0 Å². The van der Waals surface area contributed by atoms with Crippen LogP contribution in [-0.2, 0) is 13.6 Å². The minimum Gasteiger partial charge on any atom is -0.357 e. The van der Waals surface area contributed by atoms with E-state index in [4.69, 9.17) is 0 Å². The first-order valence-corrected chi connectivity index (χ1v) is 8.34. The fraction of sp³-hybridized carbons (Fsp3) is 0.389. The van der Waals surface area contributed by atoms with Gasteiger partial charge in [-0.15, -0.1) is 0 Å². The Morgan fingerprint density at radius 3 is 2.72 bits per heavy atom. The van der Waals surface area contributed by atoms with Crippen molar-refractivity contribution in [3.63, 3.8) is 0 Å². The van der Waals surface area contributed by atoms with Crippen LogP contribution in [0.3, 0.4) is 0 Å². The molecule has 7 heteroatoms. The Hall–Kier alpha value is -2.85. The highest BCUT2D eigenvalue weighted by molar-refractivity contribution is 5.38. The van der Waals surface area contributed by atoms with Crippen LogP contribution in [-0.4, -0.2) is 40.6 Å². The lowest BCUT2D eigenvalue weighted by Gasteiger charge is -2.23. The molecular weight excluding hydrogens is 318 g/mol. The van der Waals surface area contributed by atoms with Gasteiger partial charge in [0.15, 0.2) is 0 Å². The quantitative estimate of drug-likeness (QED) is 0.888. The molecule has 1 aliphatic heterocycles. The molecule has 7 nitrogen and oxygen atoms in total. The SMILES string of the molecule is Cn1c(=O)cc(N2CCCN(Cc3ccccc3C#N)CC2)[nH]c1=O. The topological polar surface area (TPSA) is 85.1 Å². The van der Waals surface area contributed by atoms with Crippen LogP contribution in [0.4, 0.5) is 5.82 Å². The van der Waals surface area contributed by atoms with Crippen molar-refractivity contribution in [1.29, 1.82) is 5.26 Å². The molecule has 25 heavy (non-hydrogen) atoms. The van der Waals surface area contributed by atoms with E-state index < -0.39 is 5.69 Å². The van der Waals surface area contributed by atoms with Gasteiger partial charge in [0.25, 0.3) is 5.56 Å². The summed E-state index contributed by atoms with van der Waals surface area (Å²) in [6, 6.07) is 11.4. The monoisotopic (exact) mass is 339 g/mol. The van der Waals surface area contributed by atoms with Crippen LogP contribution in [0.15, 0.2) is 39.9 Å². The minimum atomic E-state index is -0.397. The lowest BCUT2D eigenvalue weighted by Crippen LogP contribution is -2.37. The first kappa shape index (κ1) is 17.0. The van der Waals surface area contributed by atoms with Crippen molar-refractivity contribution in [2.45, 2.75) is 13.0 Å². The molecular formula is C18H21N5O2. The van der Waals surface area contributed by atoms with Crippen molar-refractivity contribution >= 4 is 5.82 Å². The van der Waals surface area contributed by atoms with E-state index in [2.05, 4.69) is 16.0 Å². The van der Waals surface area contributed by atoms with E-state index in [0.717, 1.165) is 49.3 Å². The van der Waals surface area contributed by atoms with Gasteiger partial charge in [0, 0.05) is 45.8 Å². The highest BCUT2D eigenvalue weighted by atomic mass is 16.2. The molecule has 1 aromatic heterocycles. The normalized spacial score (nSPS) is 15.6. The summed E-state index contributed by atoms with van der Waals surface area (Å²) in [6.07, 6.45) is 0.923. The number of hydrogen-bond donors (Lipinski definition) is 1. The molecule has 1 saturated heterocycles. The lowest BCUT2D eigenvalue weighted by atomic mass is 10.1. The van der Waals surface area contributed by atoms with Crippen LogP contribution in [0.5, 0.6) is 0 Å². The molecule has 0 radical (unpaired) electrons. The Morgan fingerprint density at radius 2 is 1.96 bits per heavy atom. The second-order valence-corrected chi connectivity index (χ2v) is 6.24. The number of aromatic nitrogens is 2. The summed E-state index contributed by atoms with van der Waals surface area (Å²) in [5.74, 6) is 0.576. The first-order chi connectivity index (χ1) is 12.1. The van der Waals surface area contributed by atoms with Gasteiger partial charge < -0.3 is 4.90 Å². The van der Waals surface area contributed by atoms with Crippen LogP contribution >= 0.6 is 0 Å². The van der Waals surface area contributed by atoms with Gasteiger partial charge in [-0.3, -0.25) is 19.2 Å². The molecule has 130 valence electrons. The summed E-state index contributed by atoms with van der Waals surface area (Å²) in [5.41, 5.74) is 1.04. The van der Waals surface area contributed by atoms with E-state index in [9.17, 15) is 14.9 Å². The van der Waals surface area contributed by atoms with Gasteiger partial charge in [0.05, 0.1) is 11.6 Å². The van der Waals surface area contributed by atoms with E-state index in [0.29, 0.717) is 11.4 Å². The molecule has 2 aromatic rings. The van der Waals surface area contributed by atoms with E-state index in [1.807, 2.05) is 29.2 Å². The third-order valence-electron chi connectivity index (χ3n) is 4.59. The molecule has 0 aliphatic carbocycles. The number of rotatable bonds is 3. The smallest absolute Gasteiger partial charge is 0.329 e. The van der Waals surface area contributed by atoms with Crippen molar-refractivity contribution in [3.8, 4) is 6.07 Å². The number of benzene rings is 1. The number of nitrogens with zero attached hydrogens (tertiary/aromatic N) is 4. The average molecular weight is 339 g/mol. The summed E-state index contributed by atoms with van der Waals surface area (Å²) < 4.78 is 1.06. The van der Waals surface area contributed by atoms with Crippen LogP contribution in [0.1, 0.15) is 17.5 Å². The number of hydrogen-bond acceptors (Lipinski definition) is 5. The van der Waals surface area contributed by atoms with E-state index in [1.54, 1.807) is 0 Å². The first-order valence-electron chi connectivity index (χ1n) is 8.34. The Labute approximate surface area is 145 Å². The molecule has 0 saturated carbocycles. The van der Waals surface area contributed by atoms with Crippen LogP contribution in [0.25, 0.3) is 0 Å². The zero-order valence-electron chi connectivity index (χ0n) is 14.2. The van der Waals surface area contributed by atoms with Gasteiger partial charge in [-0.05, 0) is 18.1 Å². The van der Waals surface area contributed by atoms with Crippen molar-refractivity contribution in [1.82, 2.24) is 14.5 Å². The fourth-order valence-electron chi connectivity index (χ4n) is 3.09. The zero-order valence-corrected chi connectivity index (χ0v) is 14.2. The van der Waals surface area contributed by atoms with Crippen molar-refractivity contribution in [2.75, 3.05) is 31.1 Å². The third-order valence-corrected chi connectivity index (χ3v) is 4.59. The number of nitriles is 1. The highest BCUT2D eigenvalue weighted by Crippen LogP contribution is 2.15. The predicted molar refractivity (Wildman–Crippen MR) is 95.6 cm³/mol. The number of nitrogens with one attached hydrogen (secondary N) is 1. The van der Waals surface area contributed by atoms with Gasteiger partial charge >= 0.3 is 5.69 Å². The van der Waals surface area contributed by atoms with Crippen molar-refractivity contribution in [3.05, 3.63) is 62.3 Å². The molecule has 1 aliphatic rings. The predicted octanol–water partition coefficient (Wildman–Crippen LogP) is 0.658. The lowest BCUT2D eigenvalue weighted by molar-refractivity contribution is 0.285. The number of H-pyrrole nitrogens is 1. The Kier molecular flexibility index (Phi) is 5.00. The molecule has 0 amide bonds. The standard InChI is InChI=1S/C18H21N5O2/c1-21-17(24)11-16(20-18(21)25)23-8-4-7-22(9-10-23)13-15-6-3-2-5-14(15)12-19/h2-3,5-6,11H,4,7-10,13H2,1H3,(H,20,25). The molecule has 3 rings (SSSR count). The number of aromatic amines is 1. The number of anilines is 1. The molecule has 1 aromatic carbocycles. The van der Waals surface area contributed by atoms with Crippen molar-refractivity contribution < 1.29 is 0 Å². The fourth-order valence-corrected chi connectivity index (χ4v) is 3.09. The summed E-state index contributed by atoms with van der Waals surface area (Å²) in [5, 5.41) is 9.23. The van der Waals surface area contributed by atoms with Gasteiger partial charge in [-0.2, -0.15) is 5.26 Å². The molecule has 1 fully saturated rings. The van der Waals surface area contributed by atoms with Gasteiger partial charge in [0.1, 0.15) is 5.82 Å². The Balaban J connectivity index is 1.72. The average Bonchev–Trinajstić information content (AvgIpc) is 2.85. The summed E-state index contributed by atoms with van der Waals surface area (Å²) in [7, 11) is 1.46. The molecule has 0 atom stereocenters. The Morgan fingerprint density at radius 1 is 1.16 bits per heavy atom. The Bertz CT molecular complexity index is 877. The second kappa shape index (κ2) is 7.36. The van der Waals surface area contributed by atoms with Crippen molar-refractivity contribution in [2.24, 2.45) is 7.05 Å². The molecule has 0 bridgehead atoms. The van der Waals surface area contributed by atoms with Crippen LogP contribution < -0.4 is 16.1 Å². The molecule has 1 N–H and O–H groups in total. The van der Waals surface area contributed by atoms with Gasteiger partial charge in [-0.1, -0.05) is 18.2 Å². The third kappa shape index (κ3) is 3.80. The largest absolute Gasteiger partial charge is 0.357 e. The van der Waals surface area contributed by atoms with Gasteiger partial charge in [-0.25, -0.2) is 4.79 Å². The van der Waals surface area contributed by atoms with E-state index in [1.165, 1.54) is 13.1 Å². The minimum absolute atomic E-state index is 0.303.